The second-order valence-electron chi connectivity index (χ2n) is 6.56. The smallest absolute Gasteiger partial charge is 0.315 e. The van der Waals surface area contributed by atoms with Crippen LogP contribution in [0.2, 0.25) is 0 Å². The maximum Gasteiger partial charge on any atom is 0.315 e. The third kappa shape index (κ3) is 4.94. The second-order valence-corrected chi connectivity index (χ2v) is 6.56. The Hall–Kier alpha value is -2.11. The summed E-state index contributed by atoms with van der Waals surface area (Å²) in [4.78, 5) is 23.9. The summed E-state index contributed by atoms with van der Waals surface area (Å²) in [7, 11) is 0. The SMILES string of the molecule is CC(C)(CNC(=O)NC1CCCCNC1=O)c1ccc(F)cc1. The molecule has 1 unspecified atom stereocenters. The molecule has 3 N–H and O–H groups in total. The molecule has 1 aliphatic heterocycles. The lowest BCUT2D eigenvalue weighted by atomic mass is 9.84. The molecule has 5 nitrogen and oxygen atoms in total. The van der Waals surface area contributed by atoms with Crippen LogP contribution in [0.15, 0.2) is 24.3 Å². The van der Waals surface area contributed by atoms with Gasteiger partial charge < -0.3 is 16.0 Å². The minimum Gasteiger partial charge on any atom is -0.354 e. The molecule has 1 atom stereocenters. The molecule has 6 heteroatoms. The van der Waals surface area contributed by atoms with Gasteiger partial charge in [-0.3, -0.25) is 4.79 Å². The van der Waals surface area contributed by atoms with Gasteiger partial charge in [-0.25, -0.2) is 9.18 Å². The molecule has 1 heterocycles. The van der Waals surface area contributed by atoms with Crippen LogP contribution >= 0.6 is 0 Å². The Bertz CT molecular complexity index is 557. The number of hydrogen-bond donors (Lipinski definition) is 3. The first kappa shape index (κ1) is 17.2. The van der Waals surface area contributed by atoms with Crippen LogP contribution in [0.25, 0.3) is 0 Å². The molecule has 1 aliphatic rings. The van der Waals surface area contributed by atoms with Gasteiger partial charge in [-0.2, -0.15) is 0 Å². The fourth-order valence-electron chi connectivity index (χ4n) is 2.59. The molecule has 0 aliphatic carbocycles. The van der Waals surface area contributed by atoms with Crippen LogP contribution in [0.4, 0.5) is 9.18 Å². The minimum atomic E-state index is -0.480. The van der Waals surface area contributed by atoms with E-state index in [-0.39, 0.29) is 23.2 Å². The molecule has 2 rings (SSSR count). The third-order valence-electron chi connectivity index (χ3n) is 4.16. The highest BCUT2D eigenvalue weighted by molar-refractivity contribution is 5.87. The molecule has 0 aromatic heterocycles. The van der Waals surface area contributed by atoms with Crippen LogP contribution in [-0.4, -0.2) is 31.1 Å². The maximum absolute atomic E-state index is 13.0. The van der Waals surface area contributed by atoms with Crippen molar-refractivity contribution in [3.05, 3.63) is 35.6 Å². The standard InChI is InChI=1S/C17H24FN3O2/c1-17(2,12-6-8-13(18)9-7-12)11-20-16(23)21-14-5-3-4-10-19-15(14)22/h6-9,14H,3-5,10-11H2,1-2H3,(H,19,22)(H2,20,21,23). The van der Waals surface area contributed by atoms with Gasteiger partial charge in [0.25, 0.3) is 0 Å². The summed E-state index contributed by atoms with van der Waals surface area (Å²) in [5.74, 6) is -0.412. The fraction of sp³-hybridized carbons (Fsp3) is 0.529. The molecule has 0 spiro atoms. The summed E-state index contributed by atoms with van der Waals surface area (Å²) in [6.07, 6.45) is 2.49. The summed E-state index contributed by atoms with van der Waals surface area (Å²) in [6, 6.07) is 5.41. The predicted molar refractivity (Wildman–Crippen MR) is 86.6 cm³/mol. The van der Waals surface area contributed by atoms with Crippen LogP contribution in [0.1, 0.15) is 38.7 Å². The zero-order chi connectivity index (χ0) is 16.9. The largest absolute Gasteiger partial charge is 0.354 e. The minimum absolute atomic E-state index is 0.129. The van der Waals surface area contributed by atoms with E-state index in [1.54, 1.807) is 12.1 Å². The van der Waals surface area contributed by atoms with Crippen LogP contribution < -0.4 is 16.0 Å². The van der Waals surface area contributed by atoms with Gasteiger partial charge in [0, 0.05) is 18.5 Å². The Morgan fingerprint density at radius 1 is 1.30 bits per heavy atom. The summed E-state index contributed by atoms with van der Waals surface area (Å²) in [6.45, 7) is 4.99. The van der Waals surface area contributed by atoms with Crippen molar-refractivity contribution in [2.24, 2.45) is 0 Å². The van der Waals surface area contributed by atoms with Crippen LogP contribution in [-0.2, 0) is 10.2 Å². The lowest BCUT2D eigenvalue weighted by Crippen LogP contribution is -2.50. The van der Waals surface area contributed by atoms with Gasteiger partial charge in [-0.05, 0) is 37.0 Å². The van der Waals surface area contributed by atoms with Crippen molar-refractivity contribution >= 4 is 11.9 Å². The molecule has 1 aromatic rings. The Kier molecular flexibility index (Phi) is 5.58. The Morgan fingerprint density at radius 3 is 2.70 bits per heavy atom. The highest BCUT2D eigenvalue weighted by atomic mass is 19.1. The zero-order valence-electron chi connectivity index (χ0n) is 13.6. The molecule has 23 heavy (non-hydrogen) atoms. The Balaban J connectivity index is 1.87. The first-order valence-electron chi connectivity index (χ1n) is 7.96. The molecule has 0 saturated carbocycles. The normalized spacial score (nSPS) is 18.7. The van der Waals surface area contributed by atoms with Crippen LogP contribution in [0.5, 0.6) is 0 Å². The number of urea groups is 1. The van der Waals surface area contributed by atoms with Crippen LogP contribution in [0.3, 0.4) is 0 Å². The van der Waals surface area contributed by atoms with Gasteiger partial charge in [0.05, 0.1) is 0 Å². The van der Waals surface area contributed by atoms with E-state index in [2.05, 4.69) is 16.0 Å². The van der Waals surface area contributed by atoms with E-state index >= 15 is 0 Å². The average molecular weight is 321 g/mol. The Morgan fingerprint density at radius 2 is 2.00 bits per heavy atom. The second kappa shape index (κ2) is 7.44. The first-order chi connectivity index (χ1) is 10.9. The lowest BCUT2D eigenvalue weighted by Gasteiger charge is -2.26. The van der Waals surface area contributed by atoms with Crippen molar-refractivity contribution in [1.82, 2.24) is 16.0 Å². The van der Waals surface area contributed by atoms with Gasteiger partial charge in [0.2, 0.25) is 5.91 Å². The van der Waals surface area contributed by atoms with E-state index in [0.717, 1.165) is 18.4 Å². The summed E-state index contributed by atoms with van der Waals surface area (Å²) in [5, 5.41) is 8.31. The third-order valence-corrected chi connectivity index (χ3v) is 4.16. The molecule has 0 radical (unpaired) electrons. The van der Waals surface area contributed by atoms with Gasteiger partial charge in [-0.15, -0.1) is 0 Å². The number of benzene rings is 1. The average Bonchev–Trinajstić information content (AvgIpc) is 2.71. The van der Waals surface area contributed by atoms with Gasteiger partial charge in [-0.1, -0.05) is 26.0 Å². The van der Waals surface area contributed by atoms with E-state index in [0.29, 0.717) is 19.5 Å². The molecular weight excluding hydrogens is 297 g/mol. The maximum atomic E-state index is 13.0. The number of carbonyl (C=O) groups is 2. The van der Waals surface area contributed by atoms with Crippen molar-refractivity contribution in [2.45, 2.75) is 44.6 Å². The highest BCUT2D eigenvalue weighted by Gasteiger charge is 2.25. The number of hydrogen-bond acceptors (Lipinski definition) is 2. The van der Waals surface area contributed by atoms with Crippen molar-refractivity contribution < 1.29 is 14.0 Å². The molecule has 1 fully saturated rings. The first-order valence-corrected chi connectivity index (χ1v) is 7.96. The Labute approximate surface area is 136 Å². The molecule has 3 amide bonds. The van der Waals surface area contributed by atoms with Gasteiger partial charge in [0.1, 0.15) is 11.9 Å². The topological polar surface area (TPSA) is 70.2 Å². The number of carbonyl (C=O) groups excluding carboxylic acids is 2. The number of rotatable bonds is 4. The van der Waals surface area contributed by atoms with E-state index in [1.165, 1.54) is 12.1 Å². The fourth-order valence-corrected chi connectivity index (χ4v) is 2.59. The predicted octanol–water partition coefficient (Wildman–Crippen LogP) is 2.07. The van der Waals surface area contributed by atoms with Crippen molar-refractivity contribution in [1.29, 1.82) is 0 Å². The molecule has 1 aromatic carbocycles. The van der Waals surface area contributed by atoms with Gasteiger partial charge >= 0.3 is 6.03 Å². The summed E-state index contributed by atoms with van der Waals surface area (Å²) < 4.78 is 13.0. The number of nitrogens with one attached hydrogen (secondary N) is 3. The molecule has 1 saturated heterocycles. The van der Waals surface area contributed by atoms with E-state index in [1.807, 2.05) is 13.8 Å². The zero-order valence-corrected chi connectivity index (χ0v) is 13.6. The summed E-state index contributed by atoms with van der Waals surface area (Å²) in [5.41, 5.74) is 0.600. The highest BCUT2D eigenvalue weighted by Crippen LogP contribution is 2.22. The van der Waals surface area contributed by atoms with Crippen molar-refractivity contribution in [3.63, 3.8) is 0 Å². The van der Waals surface area contributed by atoms with Crippen molar-refractivity contribution in [3.8, 4) is 0 Å². The van der Waals surface area contributed by atoms with Crippen LogP contribution in [0, 0.1) is 5.82 Å². The van der Waals surface area contributed by atoms with E-state index < -0.39 is 6.04 Å². The quantitative estimate of drug-likeness (QED) is 0.794. The summed E-state index contributed by atoms with van der Waals surface area (Å²) >= 11 is 0. The van der Waals surface area contributed by atoms with E-state index in [9.17, 15) is 14.0 Å². The van der Waals surface area contributed by atoms with Crippen molar-refractivity contribution in [2.75, 3.05) is 13.1 Å². The molecule has 126 valence electrons. The van der Waals surface area contributed by atoms with Gasteiger partial charge in [0.15, 0.2) is 0 Å². The number of halogens is 1. The molecular formula is C17H24FN3O2. The lowest BCUT2D eigenvalue weighted by molar-refractivity contribution is -0.122. The van der Waals surface area contributed by atoms with E-state index in [4.69, 9.17) is 0 Å². The monoisotopic (exact) mass is 321 g/mol. The molecule has 0 bridgehead atoms. The number of amides is 3.